The SMILES string of the molecule is COCCNC(=O)Nc1ccc(C)c(NC(=O)NCCOC)c1. The fraction of sp³-hybridized carbons (Fsp3) is 0.467. The van der Waals surface area contributed by atoms with Crippen molar-refractivity contribution in [1.82, 2.24) is 10.6 Å². The van der Waals surface area contributed by atoms with Crippen LogP contribution in [0.2, 0.25) is 0 Å². The zero-order chi connectivity index (χ0) is 17.1. The summed E-state index contributed by atoms with van der Waals surface area (Å²) in [5.41, 5.74) is 2.09. The number of carbonyl (C=O) groups excluding carboxylic acids is 2. The molecule has 0 saturated carbocycles. The third-order valence-corrected chi connectivity index (χ3v) is 2.93. The molecule has 0 fully saturated rings. The highest BCUT2D eigenvalue weighted by Gasteiger charge is 2.07. The lowest BCUT2D eigenvalue weighted by atomic mass is 10.2. The molecule has 1 rings (SSSR count). The van der Waals surface area contributed by atoms with E-state index in [4.69, 9.17) is 9.47 Å². The van der Waals surface area contributed by atoms with Crippen molar-refractivity contribution < 1.29 is 19.1 Å². The molecule has 0 saturated heterocycles. The maximum atomic E-state index is 11.8. The van der Waals surface area contributed by atoms with Gasteiger partial charge in [0, 0.05) is 38.7 Å². The van der Waals surface area contributed by atoms with Gasteiger partial charge in [0.15, 0.2) is 0 Å². The van der Waals surface area contributed by atoms with E-state index in [1.807, 2.05) is 13.0 Å². The van der Waals surface area contributed by atoms with Crippen LogP contribution < -0.4 is 21.3 Å². The normalized spacial score (nSPS) is 10.0. The number of aryl methyl sites for hydroxylation is 1. The molecule has 0 aliphatic carbocycles. The summed E-state index contributed by atoms with van der Waals surface area (Å²) in [5, 5.41) is 10.8. The second kappa shape index (κ2) is 10.4. The van der Waals surface area contributed by atoms with Gasteiger partial charge in [-0.2, -0.15) is 0 Å². The highest BCUT2D eigenvalue weighted by molar-refractivity contribution is 5.93. The molecule has 128 valence electrons. The fourth-order valence-corrected chi connectivity index (χ4v) is 1.71. The molecule has 0 unspecified atom stereocenters. The minimum atomic E-state index is -0.332. The minimum absolute atomic E-state index is 0.327. The number of anilines is 2. The number of nitrogens with one attached hydrogen (secondary N) is 4. The molecule has 0 aromatic heterocycles. The Labute approximate surface area is 135 Å². The van der Waals surface area contributed by atoms with Gasteiger partial charge in [0.1, 0.15) is 0 Å². The maximum absolute atomic E-state index is 11.8. The number of methoxy groups -OCH3 is 2. The van der Waals surface area contributed by atoms with E-state index in [1.165, 1.54) is 0 Å². The predicted molar refractivity (Wildman–Crippen MR) is 89.0 cm³/mol. The van der Waals surface area contributed by atoms with E-state index in [1.54, 1.807) is 26.4 Å². The first-order valence-corrected chi connectivity index (χ1v) is 7.25. The van der Waals surface area contributed by atoms with Gasteiger partial charge in [0.05, 0.1) is 13.2 Å². The molecule has 4 amide bonds. The van der Waals surface area contributed by atoms with Crippen LogP contribution in [0, 0.1) is 6.92 Å². The Morgan fingerprint density at radius 2 is 1.52 bits per heavy atom. The first-order chi connectivity index (χ1) is 11.1. The molecule has 0 radical (unpaired) electrons. The summed E-state index contributed by atoms with van der Waals surface area (Å²) in [6.45, 7) is 3.58. The Morgan fingerprint density at radius 1 is 0.957 bits per heavy atom. The summed E-state index contributed by atoms with van der Waals surface area (Å²) in [4.78, 5) is 23.4. The van der Waals surface area contributed by atoms with Crippen LogP contribution in [-0.2, 0) is 9.47 Å². The Kier molecular flexibility index (Phi) is 8.48. The van der Waals surface area contributed by atoms with Gasteiger partial charge in [0.2, 0.25) is 0 Å². The van der Waals surface area contributed by atoms with E-state index >= 15 is 0 Å². The van der Waals surface area contributed by atoms with Crippen LogP contribution in [0.15, 0.2) is 18.2 Å². The van der Waals surface area contributed by atoms with E-state index in [0.29, 0.717) is 37.7 Å². The topological polar surface area (TPSA) is 101 Å². The Hall–Kier alpha value is -2.32. The third-order valence-electron chi connectivity index (χ3n) is 2.93. The zero-order valence-corrected chi connectivity index (χ0v) is 13.7. The molecule has 0 aliphatic heterocycles. The average Bonchev–Trinajstić information content (AvgIpc) is 2.51. The predicted octanol–water partition coefficient (Wildman–Crippen LogP) is 1.53. The van der Waals surface area contributed by atoms with Crippen molar-refractivity contribution in [2.24, 2.45) is 0 Å². The van der Waals surface area contributed by atoms with E-state index in [-0.39, 0.29) is 12.1 Å². The van der Waals surface area contributed by atoms with Gasteiger partial charge < -0.3 is 30.7 Å². The molecular formula is C15H24N4O4. The number of hydrogen-bond donors (Lipinski definition) is 4. The summed E-state index contributed by atoms with van der Waals surface area (Å²) >= 11 is 0. The van der Waals surface area contributed by atoms with Crippen LogP contribution in [0.25, 0.3) is 0 Å². The molecule has 8 heteroatoms. The lowest BCUT2D eigenvalue weighted by Gasteiger charge is -2.12. The fourth-order valence-electron chi connectivity index (χ4n) is 1.71. The summed E-state index contributed by atoms with van der Waals surface area (Å²) in [6.07, 6.45) is 0. The van der Waals surface area contributed by atoms with Gasteiger partial charge in [-0.3, -0.25) is 0 Å². The third kappa shape index (κ3) is 7.48. The number of urea groups is 2. The number of benzene rings is 1. The number of rotatable bonds is 8. The van der Waals surface area contributed by atoms with Crippen LogP contribution in [0.5, 0.6) is 0 Å². The molecule has 1 aromatic carbocycles. The van der Waals surface area contributed by atoms with E-state index < -0.39 is 0 Å². The van der Waals surface area contributed by atoms with Crippen molar-refractivity contribution in [3.05, 3.63) is 23.8 Å². The highest BCUT2D eigenvalue weighted by atomic mass is 16.5. The molecule has 0 atom stereocenters. The summed E-state index contributed by atoms with van der Waals surface area (Å²) < 4.78 is 9.72. The molecule has 0 bridgehead atoms. The van der Waals surface area contributed by atoms with Crippen molar-refractivity contribution >= 4 is 23.4 Å². The summed E-state index contributed by atoms with van der Waals surface area (Å²) in [7, 11) is 3.13. The van der Waals surface area contributed by atoms with Crippen molar-refractivity contribution in [2.75, 3.05) is 51.2 Å². The minimum Gasteiger partial charge on any atom is -0.383 e. The number of hydrogen-bond acceptors (Lipinski definition) is 4. The van der Waals surface area contributed by atoms with Gasteiger partial charge in [0.25, 0.3) is 0 Å². The summed E-state index contributed by atoms with van der Waals surface area (Å²) in [5.74, 6) is 0. The first-order valence-electron chi connectivity index (χ1n) is 7.25. The second-order valence-electron chi connectivity index (χ2n) is 4.78. The van der Waals surface area contributed by atoms with Gasteiger partial charge in [-0.15, -0.1) is 0 Å². The van der Waals surface area contributed by atoms with Crippen molar-refractivity contribution in [3.63, 3.8) is 0 Å². The number of amides is 4. The Balaban J connectivity index is 2.57. The van der Waals surface area contributed by atoms with E-state index in [9.17, 15) is 9.59 Å². The van der Waals surface area contributed by atoms with Crippen LogP contribution in [0.4, 0.5) is 21.0 Å². The standard InChI is InChI=1S/C15H24N4O4/c1-11-4-5-12(18-14(20)16-6-8-22-2)10-13(11)19-15(21)17-7-9-23-3/h4-5,10H,6-9H2,1-3H3,(H2,16,18,20)(H2,17,19,21). The van der Waals surface area contributed by atoms with Crippen LogP contribution in [-0.4, -0.2) is 52.6 Å². The monoisotopic (exact) mass is 324 g/mol. The molecule has 23 heavy (non-hydrogen) atoms. The Morgan fingerprint density at radius 3 is 2.09 bits per heavy atom. The number of ether oxygens (including phenoxy) is 2. The zero-order valence-electron chi connectivity index (χ0n) is 13.7. The molecule has 1 aromatic rings. The lowest BCUT2D eigenvalue weighted by molar-refractivity contribution is 0.198. The van der Waals surface area contributed by atoms with Gasteiger partial charge >= 0.3 is 12.1 Å². The molecule has 4 N–H and O–H groups in total. The van der Waals surface area contributed by atoms with Gasteiger partial charge in [-0.1, -0.05) is 6.07 Å². The first kappa shape index (κ1) is 18.7. The van der Waals surface area contributed by atoms with Crippen molar-refractivity contribution in [2.45, 2.75) is 6.92 Å². The van der Waals surface area contributed by atoms with Crippen LogP contribution >= 0.6 is 0 Å². The number of carbonyl (C=O) groups is 2. The van der Waals surface area contributed by atoms with Gasteiger partial charge in [-0.05, 0) is 24.6 Å². The van der Waals surface area contributed by atoms with E-state index in [0.717, 1.165) is 5.56 Å². The highest BCUT2D eigenvalue weighted by Crippen LogP contribution is 2.20. The van der Waals surface area contributed by atoms with Crippen LogP contribution in [0.3, 0.4) is 0 Å². The average molecular weight is 324 g/mol. The van der Waals surface area contributed by atoms with Gasteiger partial charge in [-0.25, -0.2) is 9.59 Å². The molecular weight excluding hydrogens is 300 g/mol. The van der Waals surface area contributed by atoms with E-state index in [2.05, 4.69) is 21.3 Å². The second-order valence-corrected chi connectivity index (χ2v) is 4.78. The largest absolute Gasteiger partial charge is 0.383 e. The molecule has 0 heterocycles. The maximum Gasteiger partial charge on any atom is 0.319 e. The summed E-state index contributed by atoms with van der Waals surface area (Å²) in [6, 6.07) is 4.61. The Bertz CT molecular complexity index is 522. The van der Waals surface area contributed by atoms with Crippen LogP contribution in [0.1, 0.15) is 5.56 Å². The smallest absolute Gasteiger partial charge is 0.319 e. The quantitative estimate of drug-likeness (QED) is 0.545. The molecule has 8 nitrogen and oxygen atoms in total. The van der Waals surface area contributed by atoms with Crippen molar-refractivity contribution in [1.29, 1.82) is 0 Å². The van der Waals surface area contributed by atoms with Crippen molar-refractivity contribution in [3.8, 4) is 0 Å². The molecule has 0 spiro atoms. The molecule has 0 aliphatic rings. The lowest BCUT2D eigenvalue weighted by Crippen LogP contribution is -2.32.